The van der Waals surface area contributed by atoms with Crippen LogP contribution in [0.2, 0.25) is 0 Å². The van der Waals surface area contributed by atoms with Crippen molar-refractivity contribution >= 4 is 16.0 Å². The number of carboxylic acid groups (broad SMARTS) is 1. The molecule has 6 heteroatoms. The minimum Gasteiger partial charge on any atom is -0.478 e. The van der Waals surface area contributed by atoms with Gasteiger partial charge >= 0.3 is 5.97 Å². The van der Waals surface area contributed by atoms with Crippen molar-refractivity contribution in [3.8, 4) is 0 Å². The van der Waals surface area contributed by atoms with E-state index in [0.29, 0.717) is 17.5 Å². The lowest BCUT2D eigenvalue weighted by Crippen LogP contribution is -2.34. The average molecular weight is 313 g/mol. The first-order chi connectivity index (χ1) is 9.72. The van der Waals surface area contributed by atoms with Gasteiger partial charge in [0.1, 0.15) is 0 Å². The largest absolute Gasteiger partial charge is 0.478 e. The maximum Gasteiger partial charge on any atom is 0.335 e. The molecule has 1 aromatic rings. The van der Waals surface area contributed by atoms with Crippen molar-refractivity contribution in [1.29, 1.82) is 0 Å². The molecule has 0 radical (unpaired) electrons. The minimum absolute atomic E-state index is 0.0181. The second kappa shape index (κ2) is 7.04. The van der Waals surface area contributed by atoms with Gasteiger partial charge in [0.05, 0.1) is 10.5 Å². The molecule has 0 aliphatic heterocycles. The van der Waals surface area contributed by atoms with Crippen LogP contribution in [0.15, 0.2) is 17.0 Å². The van der Waals surface area contributed by atoms with E-state index in [2.05, 4.69) is 4.72 Å². The summed E-state index contributed by atoms with van der Waals surface area (Å²) >= 11 is 0. The second-order valence-electron chi connectivity index (χ2n) is 5.25. The number of carboxylic acids is 1. The van der Waals surface area contributed by atoms with E-state index in [1.54, 1.807) is 19.9 Å². The van der Waals surface area contributed by atoms with Gasteiger partial charge in [-0.1, -0.05) is 26.3 Å². The van der Waals surface area contributed by atoms with Crippen LogP contribution in [0, 0.1) is 13.8 Å². The molecule has 118 valence electrons. The van der Waals surface area contributed by atoms with Gasteiger partial charge in [0, 0.05) is 6.04 Å². The quantitative estimate of drug-likeness (QED) is 0.810. The van der Waals surface area contributed by atoms with Crippen LogP contribution in [0.3, 0.4) is 0 Å². The molecule has 0 aliphatic rings. The lowest BCUT2D eigenvalue weighted by molar-refractivity contribution is 0.0696. The smallest absolute Gasteiger partial charge is 0.335 e. The fraction of sp³-hybridized carbons (Fsp3) is 0.533. The van der Waals surface area contributed by atoms with E-state index in [0.717, 1.165) is 12.8 Å². The third-order valence-corrected chi connectivity index (χ3v) is 5.16. The molecule has 0 bridgehead atoms. The highest BCUT2D eigenvalue weighted by Gasteiger charge is 2.23. The lowest BCUT2D eigenvalue weighted by atomic mass is 10.1. The van der Waals surface area contributed by atoms with E-state index in [1.807, 2.05) is 13.8 Å². The van der Waals surface area contributed by atoms with Crippen LogP contribution < -0.4 is 4.72 Å². The van der Waals surface area contributed by atoms with E-state index in [-0.39, 0.29) is 16.5 Å². The number of hydrogen-bond acceptors (Lipinski definition) is 3. The Labute approximate surface area is 126 Å². The number of benzene rings is 1. The number of hydrogen-bond donors (Lipinski definition) is 2. The Bertz CT molecular complexity index is 623. The van der Waals surface area contributed by atoms with Crippen molar-refractivity contribution in [1.82, 2.24) is 4.72 Å². The summed E-state index contributed by atoms with van der Waals surface area (Å²) < 4.78 is 27.6. The maximum atomic E-state index is 12.5. The molecule has 1 atom stereocenters. The summed E-state index contributed by atoms with van der Waals surface area (Å²) in [5.41, 5.74) is 1.13. The first kappa shape index (κ1) is 17.7. The van der Waals surface area contributed by atoms with Crippen LogP contribution in [-0.4, -0.2) is 25.5 Å². The Morgan fingerprint density at radius 3 is 2.33 bits per heavy atom. The molecule has 0 fully saturated rings. The van der Waals surface area contributed by atoms with Crippen molar-refractivity contribution in [2.75, 3.05) is 0 Å². The zero-order valence-corrected chi connectivity index (χ0v) is 13.8. The van der Waals surface area contributed by atoms with Crippen LogP contribution in [0.25, 0.3) is 0 Å². The topological polar surface area (TPSA) is 83.5 Å². The number of carbonyl (C=O) groups is 1. The molecule has 1 unspecified atom stereocenters. The maximum absolute atomic E-state index is 12.5. The Kier molecular flexibility index (Phi) is 5.92. The highest BCUT2D eigenvalue weighted by Crippen LogP contribution is 2.21. The van der Waals surface area contributed by atoms with Crippen molar-refractivity contribution in [3.05, 3.63) is 28.8 Å². The summed E-state index contributed by atoms with van der Waals surface area (Å²) in [5.74, 6) is -1.12. The van der Waals surface area contributed by atoms with Gasteiger partial charge in [-0.25, -0.2) is 17.9 Å². The SMILES string of the molecule is CCCC(CC)NS(=O)(=O)c1cc(C(=O)O)c(C)cc1C. The third kappa shape index (κ3) is 4.28. The van der Waals surface area contributed by atoms with Crippen LogP contribution >= 0.6 is 0 Å². The van der Waals surface area contributed by atoms with Crippen LogP contribution in [0.1, 0.15) is 54.6 Å². The molecule has 0 heterocycles. The second-order valence-corrected chi connectivity index (χ2v) is 6.94. The Morgan fingerprint density at radius 1 is 1.24 bits per heavy atom. The predicted molar refractivity (Wildman–Crippen MR) is 82.2 cm³/mol. The van der Waals surface area contributed by atoms with E-state index in [1.165, 1.54) is 6.07 Å². The van der Waals surface area contributed by atoms with Crippen molar-refractivity contribution in [3.63, 3.8) is 0 Å². The van der Waals surface area contributed by atoms with E-state index in [4.69, 9.17) is 5.11 Å². The van der Waals surface area contributed by atoms with Gasteiger partial charge in [0.15, 0.2) is 0 Å². The van der Waals surface area contributed by atoms with E-state index >= 15 is 0 Å². The highest BCUT2D eigenvalue weighted by atomic mass is 32.2. The zero-order chi connectivity index (χ0) is 16.2. The number of aryl methyl sites for hydroxylation is 2. The van der Waals surface area contributed by atoms with Crippen LogP contribution in [0.5, 0.6) is 0 Å². The highest BCUT2D eigenvalue weighted by molar-refractivity contribution is 7.89. The molecule has 21 heavy (non-hydrogen) atoms. The summed E-state index contributed by atoms with van der Waals surface area (Å²) in [5, 5.41) is 9.14. The fourth-order valence-corrected chi connectivity index (χ4v) is 3.94. The molecule has 2 N–H and O–H groups in total. The number of sulfonamides is 1. The van der Waals surface area contributed by atoms with Gasteiger partial charge < -0.3 is 5.11 Å². The van der Waals surface area contributed by atoms with Crippen LogP contribution in [-0.2, 0) is 10.0 Å². The van der Waals surface area contributed by atoms with E-state index < -0.39 is 16.0 Å². The van der Waals surface area contributed by atoms with Gasteiger partial charge in [-0.05, 0) is 43.9 Å². The molecule has 0 aromatic heterocycles. The summed E-state index contributed by atoms with van der Waals surface area (Å²) in [7, 11) is -3.71. The summed E-state index contributed by atoms with van der Waals surface area (Å²) in [6.07, 6.45) is 2.34. The van der Waals surface area contributed by atoms with Crippen molar-refractivity contribution in [2.24, 2.45) is 0 Å². The van der Waals surface area contributed by atoms with Gasteiger partial charge in [0.25, 0.3) is 0 Å². The van der Waals surface area contributed by atoms with E-state index in [9.17, 15) is 13.2 Å². The molecular weight excluding hydrogens is 290 g/mol. The zero-order valence-electron chi connectivity index (χ0n) is 12.9. The van der Waals surface area contributed by atoms with Gasteiger partial charge in [-0.3, -0.25) is 0 Å². The average Bonchev–Trinajstić information content (AvgIpc) is 2.37. The van der Waals surface area contributed by atoms with Gasteiger partial charge in [-0.15, -0.1) is 0 Å². The van der Waals surface area contributed by atoms with Gasteiger partial charge in [-0.2, -0.15) is 0 Å². The molecule has 1 aromatic carbocycles. The molecular formula is C15H23NO4S. The Balaban J connectivity index is 3.25. The van der Waals surface area contributed by atoms with Gasteiger partial charge in [0.2, 0.25) is 10.0 Å². The monoisotopic (exact) mass is 313 g/mol. The Morgan fingerprint density at radius 2 is 1.86 bits per heavy atom. The normalized spacial score (nSPS) is 13.1. The van der Waals surface area contributed by atoms with Crippen LogP contribution in [0.4, 0.5) is 0 Å². The summed E-state index contributed by atoms with van der Waals surface area (Å²) in [4.78, 5) is 11.2. The predicted octanol–water partition coefficient (Wildman–Crippen LogP) is 2.86. The first-order valence-electron chi connectivity index (χ1n) is 7.09. The standard InChI is InChI=1S/C15H23NO4S/c1-5-7-12(6-2)16-21(19,20)14-9-13(15(17)18)10(3)8-11(14)4/h8-9,12,16H,5-7H2,1-4H3,(H,17,18). The fourth-order valence-electron chi connectivity index (χ4n) is 2.33. The number of nitrogens with one attached hydrogen (secondary N) is 1. The lowest BCUT2D eigenvalue weighted by Gasteiger charge is -2.18. The molecule has 0 amide bonds. The molecule has 1 rings (SSSR count). The first-order valence-corrected chi connectivity index (χ1v) is 8.58. The summed E-state index contributed by atoms with van der Waals surface area (Å²) in [6, 6.07) is 2.71. The number of rotatable bonds is 7. The Hall–Kier alpha value is -1.40. The third-order valence-electron chi connectivity index (χ3n) is 3.49. The molecule has 0 spiro atoms. The summed E-state index contributed by atoms with van der Waals surface area (Å²) in [6.45, 7) is 7.25. The molecule has 0 saturated carbocycles. The molecule has 0 saturated heterocycles. The minimum atomic E-state index is -3.71. The molecule has 5 nitrogen and oxygen atoms in total. The van der Waals surface area contributed by atoms with Crippen molar-refractivity contribution < 1.29 is 18.3 Å². The number of aromatic carboxylic acids is 1. The van der Waals surface area contributed by atoms with Crippen molar-refractivity contribution in [2.45, 2.75) is 57.9 Å². The molecule has 0 aliphatic carbocycles.